The topological polar surface area (TPSA) is 38.1 Å². The number of rotatable bonds is 2. The number of hydrogen-bond acceptors (Lipinski definition) is 3. The smallest absolute Gasteiger partial charge is 0.215 e. The molecule has 1 aromatic carbocycles. The maximum atomic E-state index is 5.95. The van der Waals surface area contributed by atoms with Gasteiger partial charge in [0.05, 0.1) is 5.54 Å². The van der Waals surface area contributed by atoms with E-state index in [9.17, 15) is 0 Å². The summed E-state index contributed by atoms with van der Waals surface area (Å²) in [4.78, 5) is 4.65. The molecule has 1 aliphatic heterocycles. The summed E-state index contributed by atoms with van der Waals surface area (Å²) < 4.78 is 5.95. The number of aryl methyl sites for hydroxylation is 1. The molecule has 3 nitrogen and oxygen atoms in total. The fraction of sp³-hybridized carbons (Fsp3) is 0.500. The van der Waals surface area contributed by atoms with E-state index in [1.54, 1.807) is 0 Å². The van der Waals surface area contributed by atoms with Gasteiger partial charge in [-0.3, -0.25) is 0 Å². The van der Waals surface area contributed by atoms with Gasteiger partial charge in [0.15, 0.2) is 5.58 Å². The minimum Gasteiger partial charge on any atom is -0.439 e. The fourth-order valence-corrected chi connectivity index (χ4v) is 2.68. The Bertz CT molecular complexity index is 538. The standard InChI is InChI=1S/C14H18N2O/c1-3-14(7-4-8-15-14)13-16-11-6-5-10(2)9-12(11)17-13/h5-6,9,15H,3-4,7-8H2,1-2H3. The normalized spacial score (nSPS) is 24.6. The number of aromatic nitrogens is 1. The molecule has 0 amide bonds. The second-order valence-corrected chi connectivity index (χ2v) is 4.96. The molecule has 90 valence electrons. The Hall–Kier alpha value is -1.35. The van der Waals surface area contributed by atoms with Crippen LogP contribution in [0.2, 0.25) is 0 Å². The Morgan fingerprint density at radius 1 is 1.47 bits per heavy atom. The molecule has 2 heterocycles. The van der Waals surface area contributed by atoms with E-state index >= 15 is 0 Å². The third-order valence-electron chi connectivity index (χ3n) is 3.80. The van der Waals surface area contributed by atoms with E-state index in [1.165, 1.54) is 12.0 Å². The van der Waals surface area contributed by atoms with Gasteiger partial charge in [-0.15, -0.1) is 0 Å². The number of nitrogens with zero attached hydrogens (tertiary/aromatic N) is 1. The maximum absolute atomic E-state index is 5.95. The molecule has 0 bridgehead atoms. The molecular formula is C14H18N2O. The number of fused-ring (bicyclic) bond motifs is 1. The van der Waals surface area contributed by atoms with Gasteiger partial charge in [0, 0.05) is 0 Å². The van der Waals surface area contributed by atoms with Crippen LogP contribution in [-0.4, -0.2) is 11.5 Å². The van der Waals surface area contributed by atoms with E-state index < -0.39 is 0 Å². The van der Waals surface area contributed by atoms with Gasteiger partial charge >= 0.3 is 0 Å². The molecule has 0 saturated carbocycles. The Kier molecular flexibility index (Phi) is 2.44. The van der Waals surface area contributed by atoms with Crippen LogP contribution in [0.4, 0.5) is 0 Å². The molecule has 3 rings (SSSR count). The number of hydrogen-bond donors (Lipinski definition) is 1. The molecule has 1 atom stereocenters. The monoisotopic (exact) mass is 230 g/mol. The summed E-state index contributed by atoms with van der Waals surface area (Å²) in [5.74, 6) is 0.859. The van der Waals surface area contributed by atoms with E-state index in [1.807, 2.05) is 6.07 Å². The van der Waals surface area contributed by atoms with Crippen LogP contribution >= 0.6 is 0 Å². The molecule has 0 radical (unpaired) electrons. The zero-order valence-electron chi connectivity index (χ0n) is 10.4. The molecule has 0 aliphatic carbocycles. The Morgan fingerprint density at radius 2 is 2.35 bits per heavy atom. The summed E-state index contributed by atoms with van der Waals surface area (Å²) >= 11 is 0. The number of benzene rings is 1. The Balaban J connectivity index is 2.11. The molecule has 3 heteroatoms. The third-order valence-corrected chi connectivity index (χ3v) is 3.80. The van der Waals surface area contributed by atoms with Crippen molar-refractivity contribution in [3.8, 4) is 0 Å². The van der Waals surface area contributed by atoms with E-state index in [4.69, 9.17) is 4.42 Å². The Labute approximate surface area is 101 Å². The number of oxazole rings is 1. The highest BCUT2D eigenvalue weighted by molar-refractivity contribution is 5.73. The van der Waals surface area contributed by atoms with Crippen molar-refractivity contribution in [1.29, 1.82) is 0 Å². The van der Waals surface area contributed by atoms with Gasteiger partial charge in [0.25, 0.3) is 0 Å². The lowest BCUT2D eigenvalue weighted by Crippen LogP contribution is -2.36. The second kappa shape index (κ2) is 3.84. The first kappa shape index (κ1) is 10.8. The van der Waals surface area contributed by atoms with Crippen LogP contribution in [0.25, 0.3) is 11.1 Å². The van der Waals surface area contributed by atoms with Crippen molar-refractivity contribution in [3.63, 3.8) is 0 Å². The molecule has 1 aromatic heterocycles. The van der Waals surface area contributed by atoms with Crippen LogP contribution in [0.15, 0.2) is 22.6 Å². The maximum Gasteiger partial charge on any atom is 0.215 e. The highest BCUT2D eigenvalue weighted by Crippen LogP contribution is 2.35. The second-order valence-electron chi connectivity index (χ2n) is 4.96. The van der Waals surface area contributed by atoms with Gasteiger partial charge in [-0.1, -0.05) is 13.0 Å². The largest absolute Gasteiger partial charge is 0.439 e. The van der Waals surface area contributed by atoms with E-state index in [-0.39, 0.29) is 5.54 Å². The first-order valence-electron chi connectivity index (χ1n) is 6.36. The van der Waals surface area contributed by atoms with E-state index in [2.05, 4.69) is 36.3 Å². The average molecular weight is 230 g/mol. The zero-order chi connectivity index (χ0) is 11.9. The fourth-order valence-electron chi connectivity index (χ4n) is 2.68. The van der Waals surface area contributed by atoms with E-state index in [0.717, 1.165) is 36.4 Å². The van der Waals surface area contributed by atoms with Crippen molar-refractivity contribution in [2.24, 2.45) is 0 Å². The summed E-state index contributed by atoms with van der Waals surface area (Å²) in [6, 6.07) is 6.18. The zero-order valence-corrected chi connectivity index (χ0v) is 10.4. The quantitative estimate of drug-likeness (QED) is 0.861. The molecule has 1 N–H and O–H groups in total. The van der Waals surface area contributed by atoms with Crippen molar-refractivity contribution in [3.05, 3.63) is 29.7 Å². The molecule has 1 aliphatic rings. The predicted octanol–water partition coefficient (Wildman–Crippen LogP) is 3.12. The molecular weight excluding hydrogens is 212 g/mol. The Morgan fingerprint density at radius 3 is 3.06 bits per heavy atom. The van der Waals surface area contributed by atoms with Crippen molar-refractivity contribution in [2.75, 3.05) is 6.54 Å². The van der Waals surface area contributed by atoms with Gasteiger partial charge in [-0.05, 0) is 50.4 Å². The summed E-state index contributed by atoms with van der Waals surface area (Å²) in [5.41, 5.74) is 3.05. The summed E-state index contributed by atoms with van der Waals surface area (Å²) in [6.45, 7) is 5.33. The SMILES string of the molecule is CCC1(c2nc3ccc(C)cc3o2)CCCN1. The van der Waals surface area contributed by atoms with Crippen LogP contribution < -0.4 is 5.32 Å². The van der Waals surface area contributed by atoms with Gasteiger partial charge in [-0.2, -0.15) is 0 Å². The van der Waals surface area contributed by atoms with Crippen LogP contribution in [-0.2, 0) is 5.54 Å². The highest BCUT2D eigenvalue weighted by Gasteiger charge is 2.38. The van der Waals surface area contributed by atoms with Crippen LogP contribution in [0, 0.1) is 6.92 Å². The molecule has 1 fully saturated rings. The number of nitrogens with one attached hydrogen (secondary N) is 1. The molecule has 1 unspecified atom stereocenters. The van der Waals surface area contributed by atoms with Crippen LogP contribution in [0.3, 0.4) is 0 Å². The first-order chi connectivity index (χ1) is 8.23. The van der Waals surface area contributed by atoms with Crippen molar-refractivity contribution in [2.45, 2.75) is 38.6 Å². The first-order valence-corrected chi connectivity index (χ1v) is 6.36. The van der Waals surface area contributed by atoms with E-state index in [0.29, 0.717) is 0 Å². The molecule has 0 spiro atoms. The third kappa shape index (κ3) is 1.65. The lowest BCUT2D eigenvalue weighted by Gasteiger charge is -2.23. The van der Waals surface area contributed by atoms with Crippen LogP contribution in [0.5, 0.6) is 0 Å². The predicted molar refractivity (Wildman–Crippen MR) is 68.0 cm³/mol. The average Bonchev–Trinajstić information content (AvgIpc) is 2.94. The van der Waals surface area contributed by atoms with Crippen molar-refractivity contribution in [1.82, 2.24) is 10.3 Å². The minimum absolute atomic E-state index is 0.0348. The van der Waals surface area contributed by atoms with Gasteiger partial charge < -0.3 is 9.73 Å². The lowest BCUT2D eigenvalue weighted by atomic mass is 9.94. The molecule has 17 heavy (non-hydrogen) atoms. The van der Waals surface area contributed by atoms with Gasteiger partial charge in [-0.25, -0.2) is 4.98 Å². The summed E-state index contributed by atoms with van der Waals surface area (Å²) in [5, 5.41) is 3.56. The summed E-state index contributed by atoms with van der Waals surface area (Å²) in [7, 11) is 0. The van der Waals surface area contributed by atoms with Crippen molar-refractivity contribution >= 4 is 11.1 Å². The van der Waals surface area contributed by atoms with Gasteiger partial charge in [0.1, 0.15) is 5.52 Å². The van der Waals surface area contributed by atoms with Gasteiger partial charge in [0.2, 0.25) is 5.89 Å². The van der Waals surface area contributed by atoms with Crippen LogP contribution in [0.1, 0.15) is 37.6 Å². The highest BCUT2D eigenvalue weighted by atomic mass is 16.4. The summed E-state index contributed by atoms with van der Waals surface area (Å²) in [6.07, 6.45) is 3.35. The lowest BCUT2D eigenvalue weighted by molar-refractivity contribution is 0.292. The molecule has 2 aromatic rings. The molecule has 1 saturated heterocycles. The van der Waals surface area contributed by atoms with Crippen molar-refractivity contribution < 1.29 is 4.42 Å². The minimum atomic E-state index is -0.0348.